The van der Waals surface area contributed by atoms with Gasteiger partial charge in [-0.25, -0.2) is 0 Å². The van der Waals surface area contributed by atoms with Crippen molar-refractivity contribution in [2.75, 3.05) is 0 Å². The van der Waals surface area contributed by atoms with Crippen LogP contribution in [0.5, 0.6) is 0 Å². The van der Waals surface area contributed by atoms with Gasteiger partial charge in [-0.3, -0.25) is 0 Å². The molecule has 32 heavy (non-hydrogen) atoms. The van der Waals surface area contributed by atoms with Crippen molar-refractivity contribution in [3.8, 4) is 0 Å². The molecular weight excluding hydrogens is 539 g/mol. The van der Waals surface area contributed by atoms with Gasteiger partial charge in [-0.15, -0.1) is 23.2 Å². The van der Waals surface area contributed by atoms with Crippen LogP contribution in [0.25, 0.3) is 0 Å². The monoisotopic (exact) mass is 569 g/mol. The third-order valence-electron chi connectivity index (χ3n) is 4.64. The molecule has 0 spiro atoms. The zero-order chi connectivity index (χ0) is 22.1. The van der Waals surface area contributed by atoms with Gasteiger partial charge in [-0.2, -0.15) is 9.90 Å². The van der Waals surface area contributed by atoms with Gasteiger partial charge in [0.05, 0.1) is 0 Å². The number of alkyl halides is 2. The summed E-state index contributed by atoms with van der Waals surface area (Å²) in [5.41, 5.74) is 2.27. The van der Waals surface area contributed by atoms with E-state index in [-0.39, 0.29) is 9.90 Å². The number of rotatable bonds is 5. The summed E-state index contributed by atoms with van der Waals surface area (Å²) in [6.07, 6.45) is 0. The molecule has 0 aliphatic carbocycles. The molecule has 0 aromatic heterocycles. The van der Waals surface area contributed by atoms with Gasteiger partial charge >= 0.3 is 119 Å². The summed E-state index contributed by atoms with van der Waals surface area (Å²) in [5, 5.41) is 0. The summed E-state index contributed by atoms with van der Waals surface area (Å²) in [6, 6.07) is 40.8. The van der Waals surface area contributed by atoms with E-state index in [2.05, 4.69) is 117 Å². The summed E-state index contributed by atoms with van der Waals surface area (Å²) >= 11 is 10.0. The molecule has 4 aromatic carbocycles. The Bertz CT molecular complexity index is 900. The average molecular weight is 569 g/mol. The fourth-order valence-electron chi connectivity index (χ4n) is 2.96. The minimum atomic E-state index is -1.36. The molecule has 0 saturated carbocycles. The average Bonchev–Trinajstić information content (AvgIpc) is 2.82. The molecule has 1 unspecified atom stereocenters. The van der Waals surface area contributed by atoms with Crippen LogP contribution < -0.4 is 12.5 Å². The Morgan fingerprint density at radius 3 is 1.09 bits per heavy atom. The van der Waals surface area contributed by atoms with Gasteiger partial charge in [0.2, 0.25) is 0 Å². The van der Waals surface area contributed by atoms with Gasteiger partial charge in [0.15, 0.2) is 0 Å². The molecule has 0 aliphatic rings. The van der Waals surface area contributed by atoms with Gasteiger partial charge in [0, 0.05) is 0 Å². The molecular formula is C28H30Cl2PRu. The zero-order valence-electron chi connectivity index (χ0n) is 18.4. The van der Waals surface area contributed by atoms with Gasteiger partial charge in [0.25, 0.3) is 0 Å². The SMILES string of the molecule is CC(C)c1ccc(C(Cl)Cl)cc1.P.c1cc[c]([Ru]([c]2ccccc2)[c]2ccccc2)cc1. The molecule has 4 heteroatoms. The fourth-order valence-corrected chi connectivity index (χ4v) is 7.73. The quantitative estimate of drug-likeness (QED) is 0.139. The Balaban J connectivity index is 0.000000244. The molecule has 1 atom stereocenters. The number of halogens is 2. The second-order valence-electron chi connectivity index (χ2n) is 7.23. The molecule has 0 amide bonds. The van der Waals surface area contributed by atoms with E-state index in [9.17, 15) is 0 Å². The fraction of sp³-hybridized carbons (Fsp3) is 0.143. The van der Waals surface area contributed by atoms with Crippen molar-refractivity contribution >= 4 is 45.6 Å². The van der Waals surface area contributed by atoms with Crippen LogP contribution in [0.15, 0.2) is 115 Å². The Hall–Kier alpha value is -1.49. The molecule has 0 aliphatic heterocycles. The first-order valence-corrected chi connectivity index (χ1v) is 13.7. The van der Waals surface area contributed by atoms with Crippen molar-refractivity contribution in [3.63, 3.8) is 0 Å². The number of hydrogen-bond acceptors (Lipinski definition) is 0. The predicted molar refractivity (Wildman–Crippen MR) is 144 cm³/mol. The summed E-state index contributed by atoms with van der Waals surface area (Å²) in [6.45, 7) is 4.32. The molecule has 169 valence electrons. The van der Waals surface area contributed by atoms with Crippen molar-refractivity contribution in [1.82, 2.24) is 0 Å². The third kappa shape index (κ3) is 7.83. The van der Waals surface area contributed by atoms with Crippen LogP contribution in [0.4, 0.5) is 0 Å². The van der Waals surface area contributed by atoms with E-state index in [4.69, 9.17) is 23.2 Å². The first kappa shape index (κ1) is 26.8. The van der Waals surface area contributed by atoms with Crippen molar-refractivity contribution in [1.29, 1.82) is 0 Å². The van der Waals surface area contributed by atoms with Crippen LogP contribution >= 0.6 is 33.1 Å². The maximum absolute atomic E-state index is 5.70. The second-order valence-corrected chi connectivity index (χ2v) is 12.6. The number of hydrogen-bond donors (Lipinski definition) is 0. The summed E-state index contributed by atoms with van der Waals surface area (Å²) < 4.78 is 4.43. The van der Waals surface area contributed by atoms with Crippen LogP contribution in [0.2, 0.25) is 0 Å². The van der Waals surface area contributed by atoms with Crippen LogP contribution in [0.3, 0.4) is 0 Å². The van der Waals surface area contributed by atoms with E-state index in [0.29, 0.717) is 5.92 Å². The van der Waals surface area contributed by atoms with E-state index in [1.54, 1.807) is 0 Å². The first-order valence-electron chi connectivity index (χ1n) is 10.3. The second kappa shape index (κ2) is 13.9. The summed E-state index contributed by atoms with van der Waals surface area (Å²) in [4.78, 5) is -0.411. The Kier molecular flexibility index (Phi) is 11.6. The molecule has 0 bridgehead atoms. The predicted octanol–water partition coefficient (Wildman–Crippen LogP) is 6.93. The van der Waals surface area contributed by atoms with E-state index in [1.165, 1.54) is 18.0 Å². The molecule has 0 heterocycles. The zero-order valence-corrected chi connectivity index (χ0v) is 23.1. The van der Waals surface area contributed by atoms with Gasteiger partial charge in [-0.1, -0.05) is 38.1 Å². The third-order valence-corrected chi connectivity index (χ3v) is 9.89. The van der Waals surface area contributed by atoms with Gasteiger partial charge < -0.3 is 0 Å². The first-order chi connectivity index (χ1) is 15.1. The van der Waals surface area contributed by atoms with Crippen molar-refractivity contribution < 1.29 is 16.0 Å². The molecule has 0 saturated heterocycles. The van der Waals surface area contributed by atoms with Crippen LogP contribution in [-0.2, 0) is 16.0 Å². The Morgan fingerprint density at radius 1 is 0.500 bits per heavy atom. The summed E-state index contributed by atoms with van der Waals surface area (Å²) in [7, 11) is 0. The molecule has 0 radical (unpaired) electrons. The van der Waals surface area contributed by atoms with Crippen molar-refractivity contribution in [3.05, 3.63) is 126 Å². The molecule has 0 fully saturated rings. The normalized spacial score (nSPS) is 10.8. The van der Waals surface area contributed by atoms with Crippen molar-refractivity contribution in [2.45, 2.75) is 24.6 Å². The number of benzene rings is 4. The Morgan fingerprint density at radius 2 is 0.812 bits per heavy atom. The maximum atomic E-state index is 5.70. The van der Waals surface area contributed by atoms with Gasteiger partial charge in [0.1, 0.15) is 4.84 Å². The van der Waals surface area contributed by atoms with Crippen molar-refractivity contribution in [2.24, 2.45) is 0 Å². The van der Waals surface area contributed by atoms with E-state index in [0.717, 1.165) is 5.56 Å². The summed E-state index contributed by atoms with van der Waals surface area (Å²) in [5.74, 6) is 0.558. The van der Waals surface area contributed by atoms with E-state index in [1.807, 2.05) is 12.1 Å². The van der Waals surface area contributed by atoms with E-state index < -0.39 is 20.8 Å². The van der Waals surface area contributed by atoms with Gasteiger partial charge in [-0.05, 0) is 17.0 Å². The topological polar surface area (TPSA) is 0 Å². The molecule has 0 nitrogen and oxygen atoms in total. The molecule has 0 N–H and O–H groups in total. The van der Waals surface area contributed by atoms with E-state index >= 15 is 0 Å². The molecule has 4 rings (SSSR count). The Labute approximate surface area is 211 Å². The standard InChI is InChI=1S/C10H12Cl2.3C6H5.H3P.Ru/c1-7(2)8-3-5-9(6-4-8)10(11)12;3*1-2-4-6-5-3-1;;/h3-7,10H,1-2H3;3*1-5H;1H3;. The van der Waals surface area contributed by atoms with Crippen LogP contribution in [0, 0.1) is 0 Å². The minimum absolute atomic E-state index is 0. The van der Waals surface area contributed by atoms with Crippen LogP contribution in [-0.4, -0.2) is 0 Å². The van der Waals surface area contributed by atoms with Crippen LogP contribution in [0.1, 0.15) is 35.7 Å². The molecule has 4 aromatic rings.